The van der Waals surface area contributed by atoms with E-state index in [1.807, 2.05) is 32.0 Å². The van der Waals surface area contributed by atoms with Gasteiger partial charge in [0.1, 0.15) is 0 Å². The fourth-order valence-electron chi connectivity index (χ4n) is 2.77. The van der Waals surface area contributed by atoms with Crippen LogP contribution < -0.4 is 14.8 Å². The van der Waals surface area contributed by atoms with E-state index in [2.05, 4.69) is 5.32 Å². The highest BCUT2D eigenvalue weighted by molar-refractivity contribution is 7.91. The molecule has 2 aromatic carbocycles. The molecule has 164 valence electrons. The number of methoxy groups -OCH3 is 2. The number of ether oxygens (including phenoxy) is 3. The van der Waals surface area contributed by atoms with Crippen LogP contribution >= 0.6 is 0 Å². The number of carbonyl (C=O) groups excluding carboxylic acids is 1. The van der Waals surface area contributed by atoms with Gasteiger partial charge in [-0.3, -0.25) is 4.79 Å². The van der Waals surface area contributed by atoms with E-state index in [0.717, 1.165) is 12.0 Å². The van der Waals surface area contributed by atoms with Crippen LogP contribution in [0, 0.1) is 0 Å². The maximum atomic E-state index is 12.6. The van der Waals surface area contributed by atoms with Gasteiger partial charge in [0, 0.05) is 12.7 Å². The summed E-state index contributed by atoms with van der Waals surface area (Å²) in [5, 5.41) is 2.91. The summed E-state index contributed by atoms with van der Waals surface area (Å²) < 4.78 is 40.3. The molecule has 1 N–H and O–H groups in total. The molecule has 0 saturated heterocycles. The Morgan fingerprint density at radius 3 is 2.33 bits per heavy atom. The third-order valence-corrected chi connectivity index (χ3v) is 6.22. The molecule has 30 heavy (non-hydrogen) atoms. The summed E-state index contributed by atoms with van der Waals surface area (Å²) >= 11 is 0. The quantitative estimate of drug-likeness (QED) is 0.582. The average Bonchev–Trinajstić information content (AvgIpc) is 2.76. The van der Waals surface area contributed by atoms with Crippen LogP contribution in [0.2, 0.25) is 0 Å². The van der Waals surface area contributed by atoms with Gasteiger partial charge in [0.15, 0.2) is 21.3 Å². The minimum absolute atomic E-state index is 0.105. The fraction of sp³-hybridized carbons (Fsp3) is 0.409. The molecule has 2 rings (SSSR count). The Bertz CT molecular complexity index is 941. The van der Waals surface area contributed by atoms with E-state index in [0.29, 0.717) is 23.7 Å². The average molecular weight is 436 g/mol. The Kier molecular flexibility index (Phi) is 8.68. The molecule has 0 heterocycles. The van der Waals surface area contributed by atoms with Gasteiger partial charge >= 0.3 is 0 Å². The van der Waals surface area contributed by atoms with Crippen molar-refractivity contribution in [2.24, 2.45) is 0 Å². The Balaban J connectivity index is 2.08. The van der Waals surface area contributed by atoms with E-state index in [9.17, 15) is 13.2 Å². The predicted molar refractivity (Wildman–Crippen MR) is 115 cm³/mol. The van der Waals surface area contributed by atoms with E-state index in [1.165, 1.54) is 31.4 Å². The van der Waals surface area contributed by atoms with Crippen molar-refractivity contribution in [3.8, 4) is 11.5 Å². The van der Waals surface area contributed by atoms with Crippen molar-refractivity contribution in [2.45, 2.75) is 31.2 Å². The highest BCUT2D eigenvalue weighted by Gasteiger charge is 2.17. The van der Waals surface area contributed by atoms with Gasteiger partial charge in [0.25, 0.3) is 5.91 Å². The number of hydrogen-bond donors (Lipinski definition) is 1. The molecule has 0 radical (unpaired) electrons. The van der Waals surface area contributed by atoms with Gasteiger partial charge in [-0.2, -0.15) is 0 Å². The zero-order valence-electron chi connectivity index (χ0n) is 17.8. The number of nitrogens with one attached hydrogen (secondary N) is 1. The summed E-state index contributed by atoms with van der Waals surface area (Å²) in [6.45, 7) is 4.61. The largest absolute Gasteiger partial charge is 0.493 e. The molecule has 7 nitrogen and oxygen atoms in total. The van der Waals surface area contributed by atoms with E-state index in [-0.39, 0.29) is 29.2 Å². The lowest BCUT2D eigenvalue weighted by molar-refractivity contribution is 0.0939. The second-order valence-electron chi connectivity index (χ2n) is 6.79. The van der Waals surface area contributed by atoms with E-state index < -0.39 is 9.84 Å². The molecule has 1 unspecified atom stereocenters. The molecule has 0 aromatic heterocycles. The first-order valence-electron chi connectivity index (χ1n) is 9.75. The molecule has 8 heteroatoms. The number of amides is 1. The molecule has 0 aliphatic heterocycles. The molecule has 1 amide bonds. The van der Waals surface area contributed by atoms with Gasteiger partial charge in [-0.15, -0.1) is 0 Å². The Hall–Kier alpha value is -2.58. The molecule has 0 fully saturated rings. The first-order valence-corrected chi connectivity index (χ1v) is 11.4. The standard InChI is InChI=1S/C22H29NO6S/c1-5-12-29-20-11-8-18(15-21(20)28-4)16(2)23-22(24)17-6-9-19(10-7-17)30(25,26)14-13-27-3/h6-11,15-16H,5,12-14H2,1-4H3,(H,23,24). The first-order chi connectivity index (χ1) is 14.3. The monoisotopic (exact) mass is 435 g/mol. The zero-order chi connectivity index (χ0) is 22.1. The van der Waals surface area contributed by atoms with Gasteiger partial charge in [-0.05, 0) is 55.3 Å². The second kappa shape index (κ2) is 11.0. The van der Waals surface area contributed by atoms with Gasteiger partial charge in [-0.1, -0.05) is 13.0 Å². The molecule has 0 aliphatic rings. The van der Waals surface area contributed by atoms with Crippen molar-refractivity contribution in [3.05, 3.63) is 53.6 Å². The van der Waals surface area contributed by atoms with Crippen molar-refractivity contribution in [1.29, 1.82) is 0 Å². The van der Waals surface area contributed by atoms with Crippen LogP contribution in [0.25, 0.3) is 0 Å². The SMILES string of the molecule is CCCOc1ccc(C(C)NC(=O)c2ccc(S(=O)(=O)CCOC)cc2)cc1OC. The van der Waals surface area contributed by atoms with Crippen molar-refractivity contribution in [1.82, 2.24) is 5.32 Å². The van der Waals surface area contributed by atoms with Crippen LogP contribution in [0.1, 0.15) is 42.2 Å². The normalized spacial score (nSPS) is 12.3. The minimum Gasteiger partial charge on any atom is -0.493 e. The lowest BCUT2D eigenvalue weighted by Crippen LogP contribution is -2.26. The van der Waals surface area contributed by atoms with Crippen LogP contribution in [0.15, 0.2) is 47.4 Å². The van der Waals surface area contributed by atoms with Gasteiger partial charge < -0.3 is 19.5 Å². The third-order valence-electron chi connectivity index (χ3n) is 4.53. The Morgan fingerprint density at radius 2 is 1.73 bits per heavy atom. The molecule has 0 bridgehead atoms. The number of benzene rings is 2. The van der Waals surface area contributed by atoms with Crippen LogP contribution in [0.5, 0.6) is 11.5 Å². The third kappa shape index (κ3) is 6.21. The number of carbonyl (C=O) groups is 1. The first kappa shape index (κ1) is 23.7. The number of hydrogen-bond acceptors (Lipinski definition) is 6. The predicted octanol–water partition coefficient (Wildman–Crippen LogP) is 3.40. The summed E-state index contributed by atoms with van der Waals surface area (Å²) in [4.78, 5) is 12.8. The lowest BCUT2D eigenvalue weighted by Gasteiger charge is -2.17. The molecule has 2 aromatic rings. The fourth-order valence-corrected chi connectivity index (χ4v) is 3.95. The number of rotatable bonds is 11. The molecule has 0 spiro atoms. The summed E-state index contributed by atoms with van der Waals surface area (Å²) in [6.07, 6.45) is 0.893. The van der Waals surface area contributed by atoms with Crippen LogP contribution in [-0.4, -0.2) is 47.5 Å². The molecule has 0 aliphatic carbocycles. The van der Waals surface area contributed by atoms with E-state index in [1.54, 1.807) is 7.11 Å². The Morgan fingerprint density at radius 1 is 1.03 bits per heavy atom. The smallest absolute Gasteiger partial charge is 0.251 e. The van der Waals surface area contributed by atoms with E-state index in [4.69, 9.17) is 14.2 Å². The summed E-state index contributed by atoms with van der Waals surface area (Å²) in [5.74, 6) is 0.861. The number of sulfone groups is 1. The van der Waals surface area contributed by atoms with Crippen LogP contribution in [0.4, 0.5) is 0 Å². The van der Waals surface area contributed by atoms with Gasteiger partial charge in [0.2, 0.25) is 0 Å². The topological polar surface area (TPSA) is 90.9 Å². The Labute approximate surface area is 178 Å². The molecule has 1 atom stereocenters. The maximum absolute atomic E-state index is 12.6. The lowest BCUT2D eigenvalue weighted by atomic mass is 10.1. The van der Waals surface area contributed by atoms with Crippen molar-refractivity contribution in [2.75, 3.05) is 33.2 Å². The summed E-state index contributed by atoms with van der Waals surface area (Å²) in [6, 6.07) is 11.1. The van der Waals surface area contributed by atoms with Gasteiger partial charge in [0.05, 0.1) is 37.0 Å². The summed E-state index contributed by atoms with van der Waals surface area (Å²) in [5.41, 5.74) is 1.24. The highest BCUT2D eigenvalue weighted by Crippen LogP contribution is 2.30. The second-order valence-corrected chi connectivity index (χ2v) is 8.90. The van der Waals surface area contributed by atoms with Gasteiger partial charge in [-0.25, -0.2) is 8.42 Å². The molecular formula is C22H29NO6S. The van der Waals surface area contributed by atoms with Crippen LogP contribution in [-0.2, 0) is 14.6 Å². The maximum Gasteiger partial charge on any atom is 0.251 e. The van der Waals surface area contributed by atoms with Crippen molar-refractivity contribution >= 4 is 15.7 Å². The van der Waals surface area contributed by atoms with Crippen molar-refractivity contribution < 1.29 is 27.4 Å². The minimum atomic E-state index is -3.43. The zero-order valence-corrected chi connectivity index (χ0v) is 18.6. The van der Waals surface area contributed by atoms with Crippen molar-refractivity contribution in [3.63, 3.8) is 0 Å². The van der Waals surface area contributed by atoms with E-state index >= 15 is 0 Å². The molecular weight excluding hydrogens is 406 g/mol. The highest BCUT2D eigenvalue weighted by atomic mass is 32.2. The summed E-state index contributed by atoms with van der Waals surface area (Å²) in [7, 11) is -0.409. The van der Waals surface area contributed by atoms with Crippen LogP contribution in [0.3, 0.4) is 0 Å². The molecule has 0 saturated carbocycles.